The summed E-state index contributed by atoms with van der Waals surface area (Å²) in [5.74, 6) is -7.38. The number of aliphatic imine (C=N–C) groups is 2. The molecule has 2 fully saturated rings. The van der Waals surface area contributed by atoms with Crippen LogP contribution in [0.2, 0.25) is 0 Å². The topological polar surface area (TPSA) is 427 Å². The SMILES string of the molecule is CCCC[C@H](NC(C)=O)C(=O)N[C@H]1CC(=O)NCCCC[C@@H](C(N)=O)NC(=O)[C@H](CCCCNC(N)=NCc2ccccc2)NC(=O)[C@H](Cc2c[nH]c3ccccc23)NC(=O)[C@H](CCCN=C(N)N)NC(=O)[C@@H](Cc2ccc3ccccc3c2)NC(=O)[C@@H]2CCCN2C1=O. The Balaban J connectivity index is 1.25. The predicted molar refractivity (Wildman–Crippen MR) is 357 cm³/mol. The number of carbonyl (C=O) groups excluding carboxylic acids is 10. The smallest absolute Gasteiger partial charge is 0.246 e. The molecule has 0 aliphatic carbocycles. The Bertz CT molecular complexity index is 3500. The predicted octanol–water partition coefficient (Wildman–Crippen LogP) is 1.20. The first-order valence-electron chi connectivity index (χ1n) is 32.4. The number of hydrogen-bond donors (Lipinski definition) is 14. The normalized spacial score (nSPS) is 21.3. The highest BCUT2D eigenvalue weighted by molar-refractivity contribution is 6.00. The molecule has 0 radical (unpaired) electrons. The van der Waals surface area contributed by atoms with E-state index >= 15 is 14.4 Å². The van der Waals surface area contributed by atoms with Gasteiger partial charge in [-0.05, 0) is 104 Å². The van der Waals surface area contributed by atoms with Gasteiger partial charge >= 0.3 is 0 Å². The molecule has 0 spiro atoms. The standard InChI is InChI=1S/C67H91N17O10/c1-3-4-23-50(77-41(2)85)59(88)83-55-38-57(86)72-31-14-12-25-49(58(68)87)78-60(89)51(26-13-15-32-74-67(71)76-39-42-18-6-5-7-19-42)79-63(92)54(37-46-40-75-48-24-11-10-22-47(46)48)81-61(90)52(27-16-33-73-66(69)70)80-62(91)53(82-64(93)56-28-17-34-84(56)65(55)94)36-43-29-30-44-20-8-9-21-45(44)35-43/h5-11,18-22,24,29-30,35,40,49-56,75H,3-4,12-17,23,25-28,31-34,36-39H2,1-2H3,(H2,68,87)(H,72,86)(H,77,85)(H,78,89)(H,79,92)(H,80,91)(H,81,90)(H,82,93)(H,83,88)(H4,69,70,73)(H3,71,74,76)/t49-,50-,51-,52-,53+,54-,55-,56-/m0/s1. The van der Waals surface area contributed by atoms with E-state index in [4.69, 9.17) is 22.9 Å². The average molecular weight is 1290 g/mol. The van der Waals surface area contributed by atoms with Crippen LogP contribution in [0.25, 0.3) is 21.7 Å². The lowest BCUT2D eigenvalue weighted by molar-refractivity contribution is -0.143. The van der Waals surface area contributed by atoms with Gasteiger partial charge in [-0.3, -0.25) is 52.9 Å². The molecule has 10 amide bonds. The quantitative estimate of drug-likeness (QED) is 0.0263. The first kappa shape index (κ1) is 71.4. The number of primary amides is 1. The summed E-state index contributed by atoms with van der Waals surface area (Å²) >= 11 is 0. The van der Waals surface area contributed by atoms with Gasteiger partial charge in [0, 0.05) is 63.0 Å². The van der Waals surface area contributed by atoms with E-state index in [2.05, 4.69) is 62.8 Å². The van der Waals surface area contributed by atoms with Crippen molar-refractivity contribution in [2.45, 2.75) is 171 Å². The van der Waals surface area contributed by atoms with Gasteiger partial charge in [-0.25, -0.2) is 4.99 Å². The van der Waals surface area contributed by atoms with Gasteiger partial charge < -0.3 is 80.7 Å². The summed E-state index contributed by atoms with van der Waals surface area (Å²) in [5, 5.41) is 27.9. The summed E-state index contributed by atoms with van der Waals surface area (Å²) in [6.45, 7) is 3.97. The second-order valence-electron chi connectivity index (χ2n) is 23.9. The van der Waals surface area contributed by atoms with Crippen LogP contribution in [0.5, 0.6) is 0 Å². The van der Waals surface area contributed by atoms with Crippen LogP contribution < -0.4 is 70.8 Å². The minimum atomic E-state index is -1.52. The Morgan fingerprint density at radius 1 is 0.660 bits per heavy atom. The van der Waals surface area contributed by atoms with Gasteiger partial charge in [-0.1, -0.05) is 111 Å². The Labute approximate surface area is 546 Å². The molecule has 3 heterocycles. The number of nitrogens with one attached hydrogen (secondary N) is 10. The Hall–Kier alpha value is -10.1. The summed E-state index contributed by atoms with van der Waals surface area (Å²) in [6, 6.07) is 19.4. The largest absolute Gasteiger partial charge is 0.370 e. The van der Waals surface area contributed by atoms with E-state index in [1.165, 1.54) is 11.8 Å². The van der Waals surface area contributed by atoms with Crippen molar-refractivity contribution < 1.29 is 47.9 Å². The fourth-order valence-electron chi connectivity index (χ4n) is 11.6. The number of para-hydroxylation sites is 1. The number of hydrogen-bond acceptors (Lipinski definition) is 12. The molecule has 0 unspecified atom stereocenters. The molecule has 4 aromatic carbocycles. The molecule has 94 heavy (non-hydrogen) atoms. The summed E-state index contributed by atoms with van der Waals surface area (Å²) in [4.78, 5) is 156. The third kappa shape index (κ3) is 22.1. The maximum atomic E-state index is 15.2. The average Bonchev–Trinajstić information content (AvgIpc) is 1.58. The number of rotatable bonds is 22. The zero-order valence-corrected chi connectivity index (χ0v) is 53.5. The van der Waals surface area contributed by atoms with Gasteiger partial charge in [0.05, 0.1) is 13.0 Å². The summed E-state index contributed by atoms with van der Waals surface area (Å²) < 4.78 is 0. The van der Waals surface area contributed by atoms with E-state index in [0.717, 1.165) is 27.2 Å². The van der Waals surface area contributed by atoms with Gasteiger partial charge in [0.1, 0.15) is 48.3 Å². The Morgan fingerprint density at radius 2 is 1.32 bits per heavy atom. The number of nitrogens with zero attached hydrogens (tertiary/aromatic N) is 3. The van der Waals surface area contributed by atoms with E-state index in [-0.39, 0.29) is 95.8 Å². The van der Waals surface area contributed by atoms with Gasteiger partial charge in [-0.15, -0.1) is 0 Å². The molecule has 5 aromatic rings. The van der Waals surface area contributed by atoms with Crippen molar-refractivity contribution in [3.63, 3.8) is 0 Å². The third-order valence-corrected chi connectivity index (χ3v) is 16.6. The zero-order valence-electron chi connectivity index (χ0n) is 53.5. The second-order valence-corrected chi connectivity index (χ2v) is 23.9. The van der Waals surface area contributed by atoms with Crippen LogP contribution in [0.1, 0.15) is 120 Å². The lowest BCUT2D eigenvalue weighted by Gasteiger charge is -2.31. The van der Waals surface area contributed by atoms with Crippen molar-refractivity contribution in [3.05, 3.63) is 120 Å². The summed E-state index contributed by atoms with van der Waals surface area (Å²) in [5.41, 5.74) is 26.5. The number of aromatic amines is 1. The van der Waals surface area contributed by atoms with Gasteiger partial charge in [0.15, 0.2) is 11.9 Å². The van der Waals surface area contributed by atoms with E-state index in [1.54, 1.807) is 12.3 Å². The monoisotopic (exact) mass is 1290 g/mol. The number of aromatic nitrogens is 1. The fraction of sp³-hybridized carbons (Fsp3) is 0.463. The number of guanidine groups is 2. The molecule has 2 saturated heterocycles. The van der Waals surface area contributed by atoms with Gasteiger partial charge in [0.25, 0.3) is 0 Å². The van der Waals surface area contributed by atoms with Crippen LogP contribution in [0.3, 0.4) is 0 Å². The fourth-order valence-corrected chi connectivity index (χ4v) is 11.6. The number of nitrogens with two attached hydrogens (primary N) is 4. The van der Waals surface area contributed by atoms with Crippen molar-refractivity contribution in [2.24, 2.45) is 32.9 Å². The maximum Gasteiger partial charge on any atom is 0.246 e. The highest BCUT2D eigenvalue weighted by Gasteiger charge is 2.41. The first-order chi connectivity index (χ1) is 45.3. The van der Waals surface area contributed by atoms with Crippen molar-refractivity contribution in [2.75, 3.05) is 26.2 Å². The second kappa shape index (κ2) is 36.2. The number of amides is 10. The van der Waals surface area contributed by atoms with Crippen molar-refractivity contribution in [1.29, 1.82) is 0 Å². The number of H-pyrrole nitrogens is 1. The van der Waals surface area contributed by atoms with Crippen LogP contribution in [0.4, 0.5) is 0 Å². The summed E-state index contributed by atoms with van der Waals surface area (Å²) in [6.07, 6.45) is 4.23. The molecule has 27 nitrogen and oxygen atoms in total. The molecule has 1 aromatic heterocycles. The molecule has 0 saturated carbocycles. The van der Waals surface area contributed by atoms with Crippen LogP contribution in [0.15, 0.2) is 113 Å². The Morgan fingerprint density at radius 3 is 2.04 bits per heavy atom. The van der Waals surface area contributed by atoms with Gasteiger partial charge in [-0.2, -0.15) is 0 Å². The number of carbonyl (C=O) groups is 10. The number of benzene rings is 4. The van der Waals surface area contributed by atoms with E-state index in [0.29, 0.717) is 56.3 Å². The maximum absolute atomic E-state index is 15.2. The van der Waals surface area contributed by atoms with Crippen molar-refractivity contribution in [3.8, 4) is 0 Å². The van der Waals surface area contributed by atoms with Crippen LogP contribution in [-0.2, 0) is 67.3 Å². The van der Waals surface area contributed by atoms with E-state index in [9.17, 15) is 33.6 Å². The highest BCUT2D eigenvalue weighted by Crippen LogP contribution is 2.23. The molecule has 0 bridgehead atoms. The van der Waals surface area contributed by atoms with Gasteiger partial charge in [0.2, 0.25) is 59.1 Å². The first-order valence-corrected chi connectivity index (χ1v) is 32.4. The third-order valence-electron chi connectivity index (χ3n) is 16.6. The van der Waals surface area contributed by atoms with E-state index < -0.39 is 114 Å². The Kier molecular flexibility index (Phi) is 27.5. The molecule has 18 N–H and O–H groups in total. The highest BCUT2D eigenvalue weighted by atomic mass is 16.2. The lowest BCUT2D eigenvalue weighted by atomic mass is 9.99. The van der Waals surface area contributed by atoms with Crippen LogP contribution in [-0.4, -0.2) is 155 Å². The number of fused-ring (bicyclic) bond motifs is 3. The molecule has 27 heteroatoms. The molecular weight excluding hydrogens is 1200 g/mol. The van der Waals surface area contributed by atoms with Crippen LogP contribution >= 0.6 is 0 Å². The van der Waals surface area contributed by atoms with Crippen LogP contribution in [0, 0.1) is 0 Å². The molecule has 504 valence electrons. The minimum Gasteiger partial charge on any atom is -0.370 e. The van der Waals surface area contributed by atoms with Crippen molar-refractivity contribution in [1.82, 2.24) is 57.7 Å². The lowest BCUT2D eigenvalue weighted by Crippen LogP contribution is -2.60. The van der Waals surface area contributed by atoms with E-state index in [1.807, 2.05) is 97.9 Å². The zero-order chi connectivity index (χ0) is 67.5. The molecule has 2 aliphatic rings. The molecule has 7 rings (SSSR count). The molecule has 8 atom stereocenters. The molecular formula is C67H91N17O10. The summed E-state index contributed by atoms with van der Waals surface area (Å²) in [7, 11) is 0. The van der Waals surface area contributed by atoms with Crippen molar-refractivity contribution >= 4 is 92.7 Å². The number of unbranched alkanes of at least 4 members (excludes halogenated alkanes) is 2. The molecule has 2 aliphatic heterocycles. The minimum absolute atomic E-state index is 0.0135.